The van der Waals surface area contributed by atoms with Crippen LogP contribution in [0.15, 0.2) is 60.7 Å². The van der Waals surface area contributed by atoms with Gasteiger partial charge in [0.25, 0.3) is 0 Å². The number of amides is 2. The van der Waals surface area contributed by atoms with E-state index >= 15 is 0 Å². The molecule has 1 aliphatic rings. The first-order valence-corrected chi connectivity index (χ1v) is 13.0. The van der Waals surface area contributed by atoms with E-state index in [1.807, 2.05) is 42.5 Å². The summed E-state index contributed by atoms with van der Waals surface area (Å²) in [6.45, 7) is 4.55. The topological polar surface area (TPSA) is 99.2 Å². The molecule has 37 heavy (non-hydrogen) atoms. The summed E-state index contributed by atoms with van der Waals surface area (Å²) in [5, 5.41) is 9.66. The zero-order valence-electron chi connectivity index (χ0n) is 21.0. The van der Waals surface area contributed by atoms with Crippen molar-refractivity contribution in [1.82, 2.24) is 20.2 Å². The van der Waals surface area contributed by atoms with Gasteiger partial charge in [-0.05, 0) is 56.0 Å². The molecule has 4 rings (SSSR count). The predicted octanol–water partition coefficient (Wildman–Crippen LogP) is 4.24. The Hall–Kier alpha value is -3.49. The van der Waals surface area contributed by atoms with Crippen LogP contribution in [0.3, 0.4) is 0 Å². The van der Waals surface area contributed by atoms with Crippen LogP contribution in [-0.4, -0.2) is 59.4 Å². The third-order valence-electron chi connectivity index (χ3n) is 6.34. The summed E-state index contributed by atoms with van der Waals surface area (Å²) in [5.41, 5.74) is 2.16. The van der Waals surface area contributed by atoms with Crippen molar-refractivity contribution in [1.29, 1.82) is 0 Å². The molecule has 2 aromatic carbocycles. The van der Waals surface area contributed by atoms with Crippen molar-refractivity contribution < 1.29 is 9.59 Å². The molecule has 1 saturated heterocycles. The highest BCUT2D eigenvalue weighted by Crippen LogP contribution is 2.23. The normalized spacial score (nSPS) is 14.2. The van der Waals surface area contributed by atoms with Crippen LogP contribution in [0.2, 0.25) is 5.02 Å². The third-order valence-corrected chi connectivity index (χ3v) is 6.59. The van der Waals surface area contributed by atoms with E-state index in [9.17, 15) is 9.59 Å². The number of aromatic nitrogens is 2. The lowest BCUT2D eigenvalue weighted by atomic mass is 9.90. The second-order valence-electron chi connectivity index (χ2n) is 9.34. The number of piperidine rings is 1. The van der Waals surface area contributed by atoms with Gasteiger partial charge in [-0.3, -0.25) is 14.5 Å². The lowest BCUT2D eigenvalue weighted by Crippen LogP contribution is -2.39. The number of hydrogen-bond donors (Lipinski definition) is 3. The molecule has 9 heteroatoms. The monoisotopic (exact) mass is 520 g/mol. The number of carbonyl (C=O) groups excluding carboxylic acids is 2. The van der Waals surface area contributed by atoms with Gasteiger partial charge >= 0.3 is 0 Å². The maximum Gasteiger partial charge on any atom is 0.239 e. The lowest BCUT2D eigenvalue weighted by molar-refractivity contribution is -0.119. The van der Waals surface area contributed by atoms with Crippen LogP contribution >= 0.6 is 11.6 Å². The Bertz CT molecular complexity index is 1180. The molecule has 3 N–H and O–H groups in total. The second kappa shape index (κ2) is 13.2. The highest BCUT2D eigenvalue weighted by Gasteiger charge is 2.21. The summed E-state index contributed by atoms with van der Waals surface area (Å²) >= 11 is 6.00. The summed E-state index contributed by atoms with van der Waals surface area (Å²) in [6, 6.07) is 19.4. The van der Waals surface area contributed by atoms with Gasteiger partial charge in [-0.2, -0.15) is 0 Å². The summed E-state index contributed by atoms with van der Waals surface area (Å²) in [6.07, 6.45) is 3.16. The van der Waals surface area contributed by atoms with Gasteiger partial charge in [0.2, 0.25) is 11.8 Å². The Balaban J connectivity index is 1.33. The van der Waals surface area contributed by atoms with Gasteiger partial charge in [0.15, 0.2) is 5.82 Å². The van der Waals surface area contributed by atoms with E-state index in [4.69, 9.17) is 11.6 Å². The maximum atomic E-state index is 12.9. The number of carbonyl (C=O) groups is 2. The third kappa shape index (κ3) is 8.55. The molecule has 2 heterocycles. The fourth-order valence-corrected chi connectivity index (χ4v) is 4.56. The van der Waals surface area contributed by atoms with Crippen molar-refractivity contribution in [3.05, 3.63) is 71.2 Å². The predicted molar refractivity (Wildman–Crippen MR) is 148 cm³/mol. The van der Waals surface area contributed by atoms with Crippen molar-refractivity contribution in [2.45, 2.75) is 26.2 Å². The Morgan fingerprint density at radius 2 is 1.68 bits per heavy atom. The van der Waals surface area contributed by atoms with E-state index in [0.29, 0.717) is 43.0 Å². The fourth-order valence-electron chi connectivity index (χ4n) is 4.44. The van der Waals surface area contributed by atoms with Gasteiger partial charge in [0.1, 0.15) is 11.6 Å². The van der Waals surface area contributed by atoms with Crippen LogP contribution in [0.4, 0.5) is 11.6 Å². The average molecular weight is 521 g/mol. The summed E-state index contributed by atoms with van der Waals surface area (Å²) in [5.74, 6) is 1.97. The number of anilines is 2. The highest BCUT2D eigenvalue weighted by molar-refractivity contribution is 6.30. The van der Waals surface area contributed by atoms with E-state index in [0.717, 1.165) is 42.9 Å². The number of rotatable bonds is 10. The van der Waals surface area contributed by atoms with Gasteiger partial charge in [-0.15, -0.1) is 0 Å². The van der Waals surface area contributed by atoms with Gasteiger partial charge in [-0.25, -0.2) is 9.97 Å². The highest BCUT2D eigenvalue weighted by atomic mass is 35.5. The maximum absolute atomic E-state index is 12.9. The average Bonchev–Trinajstić information content (AvgIpc) is 2.89. The molecule has 0 saturated carbocycles. The molecule has 1 fully saturated rings. The molecule has 0 unspecified atom stereocenters. The zero-order valence-corrected chi connectivity index (χ0v) is 21.8. The van der Waals surface area contributed by atoms with E-state index in [1.54, 1.807) is 6.07 Å². The molecule has 3 aromatic rings. The van der Waals surface area contributed by atoms with Crippen LogP contribution < -0.4 is 16.0 Å². The molecule has 0 radical (unpaired) electrons. The molecule has 8 nitrogen and oxygen atoms in total. The van der Waals surface area contributed by atoms with E-state index in [-0.39, 0.29) is 11.8 Å². The lowest BCUT2D eigenvalue weighted by Gasteiger charge is -2.31. The minimum Gasteiger partial charge on any atom is -0.368 e. The number of benzene rings is 2. The minimum absolute atomic E-state index is 0.0866. The number of likely N-dealkylation sites (tertiary alicyclic amines) is 1. The molecule has 0 aliphatic carbocycles. The first kappa shape index (κ1) is 26.6. The quantitative estimate of drug-likeness (QED) is 0.346. The Labute approximate surface area is 222 Å². The number of nitrogens with one attached hydrogen (secondary N) is 3. The Kier molecular flexibility index (Phi) is 9.46. The van der Waals surface area contributed by atoms with E-state index in [2.05, 4.69) is 43.0 Å². The van der Waals surface area contributed by atoms with Gasteiger partial charge in [0, 0.05) is 36.7 Å². The fraction of sp³-hybridized carbons (Fsp3) is 0.357. The molecular weight excluding hydrogens is 488 g/mol. The van der Waals surface area contributed by atoms with E-state index in [1.165, 1.54) is 12.5 Å². The van der Waals surface area contributed by atoms with Crippen LogP contribution in [0.1, 0.15) is 25.3 Å². The number of hydrogen-bond acceptors (Lipinski definition) is 6. The zero-order chi connectivity index (χ0) is 26.0. The Morgan fingerprint density at radius 3 is 2.38 bits per heavy atom. The SMILES string of the molecule is CC(=O)NCCNc1cc(NC(=O)CN2CCC(Cc3ccc(Cl)cc3)CC2)nc(-c2ccccc2)n1. The largest absolute Gasteiger partial charge is 0.368 e. The van der Waals surface area contributed by atoms with Gasteiger partial charge in [0.05, 0.1) is 6.54 Å². The van der Waals surface area contributed by atoms with E-state index < -0.39 is 0 Å². The molecule has 2 amide bonds. The first-order chi connectivity index (χ1) is 17.9. The molecule has 0 atom stereocenters. The number of nitrogens with zero attached hydrogens (tertiary/aromatic N) is 3. The summed E-state index contributed by atoms with van der Waals surface area (Å²) in [4.78, 5) is 35.4. The van der Waals surface area contributed by atoms with Crippen molar-refractivity contribution in [2.75, 3.05) is 43.4 Å². The molecule has 194 valence electrons. The summed E-state index contributed by atoms with van der Waals surface area (Å²) in [7, 11) is 0. The van der Waals surface area contributed by atoms with Crippen LogP contribution in [-0.2, 0) is 16.0 Å². The van der Waals surface area contributed by atoms with Crippen molar-refractivity contribution >= 4 is 35.1 Å². The molecule has 0 spiro atoms. The Morgan fingerprint density at radius 1 is 0.973 bits per heavy atom. The molecule has 1 aliphatic heterocycles. The van der Waals surface area contributed by atoms with Crippen LogP contribution in [0.25, 0.3) is 11.4 Å². The van der Waals surface area contributed by atoms with Gasteiger partial charge < -0.3 is 16.0 Å². The molecule has 0 bridgehead atoms. The smallest absolute Gasteiger partial charge is 0.239 e. The van der Waals surface area contributed by atoms with Crippen molar-refractivity contribution in [3.63, 3.8) is 0 Å². The molecular formula is C28H33ClN6O2. The van der Waals surface area contributed by atoms with Gasteiger partial charge in [-0.1, -0.05) is 54.1 Å². The van der Waals surface area contributed by atoms with Crippen molar-refractivity contribution in [3.8, 4) is 11.4 Å². The molecule has 1 aromatic heterocycles. The van der Waals surface area contributed by atoms with Crippen molar-refractivity contribution in [2.24, 2.45) is 5.92 Å². The standard InChI is InChI=1S/C28H33ClN6O2/c1-20(36)30-13-14-31-25-18-26(34-28(33-25)23-5-3-2-4-6-23)32-27(37)19-35-15-11-22(12-16-35)17-21-7-9-24(29)10-8-21/h2-10,18,22H,11-17,19H2,1H3,(H,30,36)(H2,31,32,33,34,37). The second-order valence-corrected chi connectivity index (χ2v) is 9.77. The van der Waals surface area contributed by atoms with Crippen LogP contribution in [0, 0.1) is 5.92 Å². The first-order valence-electron chi connectivity index (χ1n) is 12.6. The minimum atomic E-state index is -0.0990. The van der Waals surface area contributed by atoms with Crippen LogP contribution in [0.5, 0.6) is 0 Å². The summed E-state index contributed by atoms with van der Waals surface area (Å²) < 4.78 is 0. The number of halogens is 1.